The first-order chi connectivity index (χ1) is 9.74. The highest BCUT2D eigenvalue weighted by Crippen LogP contribution is 2.21. The zero-order chi connectivity index (χ0) is 13.9. The predicted octanol–water partition coefficient (Wildman–Crippen LogP) is 2.44. The smallest absolute Gasteiger partial charge is 0.252 e. The number of pyridine rings is 1. The van der Waals surface area contributed by atoms with Crippen LogP contribution in [0, 0.1) is 0 Å². The minimum atomic E-state index is -0.0530. The lowest BCUT2D eigenvalue weighted by Gasteiger charge is -2.22. The molecule has 1 aliphatic rings. The number of anilines is 1. The number of para-hydroxylation sites is 1. The number of nitrogens with one attached hydrogen (secondary N) is 1. The molecule has 2 aromatic rings. The van der Waals surface area contributed by atoms with E-state index in [1.807, 2.05) is 36.0 Å². The number of rotatable bonds is 2. The van der Waals surface area contributed by atoms with Gasteiger partial charge in [-0.1, -0.05) is 18.2 Å². The van der Waals surface area contributed by atoms with Crippen molar-refractivity contribution in [3.05, 3.63) is 35.9 Å². The van der Waals surface area contributed by atoms with E-state index in [9.17, 15) is 4.79 Å². The second-order valence-electron chi connectivity index (χ2n) is 5.00. The third kappa shape index (κ3) is 2.72. The van der Waals surface area contributed by atoms with Gasteiger partial charge in [-0.3, -0.25) is 4.79 Å². The lowest BCUT2D eigenvalue weighted by Crippen LogP contribution is -2.38. The molecular formula is C15H17N3OS. The van der Waals surface area contributed by atoms with E-state index in [0.717, 1.165) is 29.5 Å². The van der Waals surface area contributed by atoms with Crippen LogP contribution < -0.4 is 11.1 Å². The maximum absolute atomic E-state index is 12.5. The molecule has 0 bridgehead atoms. The third-order valence-electron chi connectivity index (χ3n) is 3.48. The summed E-state index contributed by atoms with van der Waals surface area (Å²) in [5, 5.41) is 3.96. The zero-order valence-corrected chi connectivity index (χ0v) is 12.0. The number of nitrogens with zero attached hydrogens (tertiary/aromatic N) is 1. The van der Waals surface area contributed by atoms with Gasteiger partial charge in [0.15, 0.2) is 0 Å². The van der Waals surface area contributed by atoms with Gasteiger partial charge in [0.1, 0.15) is 5.82 Å². The molecule has 1 aromatic carbocycles. The minimum absolute atomic E-state index is 0.0530. The largest absolute Gasteiger partial charge is 0.384 e. The Hall–Kier alpha value is -1.75. The Kier molecular flexibility index (Phi) is 3.78. The molecule has 1 fully saturated rings. The van der Waals surface area contributed by atoms with E-state index in [1.165, 1.54) is 5.75 Å². The summed E-state index contributed by atoms with van der Waals surface area (Å²) in [5.41, 5.74) is 7.17. The monoisotopic (exact) mass is 287 g/mol. The van der Waals surface area contributed by atoms with Crippen molar-refractivity contribution < 1.29 is 4.79 Å². The van der Waals surface area contributed by atoms with Gasteiger partial charge in [0.25, 0.3) is 5.91 Å². The maximum atomic E-state index is 12.5. The average molecular weight is 287 g/mol. The first-order valence-electron chi connectivity index (χ1n) is 6.78. The van der Waals surface area contributed by atoms with E-state index < -0.39 is 0 Å². The molecule has 0 saturated carbocycles. The number of carbonyl (C=O) groups is 1. The number of nitrogens with two attached hydrogens (primary N) is 1. The molecule has 4 nitrogen and oxygen atoms in total. The maximum Gasteiger partial charge on any atom is 0.252 e. The van der Waals surface area contributed by atoms with Gasteiger partial charge in [0, 0.05) is 17.2 Å². The van der Waals surface area contributed by atoms with Crippen LogP contribution in [0.15, 0.2) is 30.3 Å². The Labute approximate surface area is 122 Å². The van der Waals surface area contributed by atoms with E-state index in [4.69, 9.17) is 5.73 Å². The molecule has 5 heteroatoms. The van der Waals surface area contributed by atoms with Crippen LogP contribution in [0.5, 0.6) is 0 Å². The fourth-order valence-electron chi connectivity index (χ4n) is 2.50. The molecule has 0 radical (unpaired) electrons. The highest BCUT2D eigenvalue weighted by Gasteiger charge is 2.18. The zero-order valence-electron chi connectivity index (χ0n) is 11.1. The summed E-state index contributed by atoms with van der Waals surface area (Å²) in [6, 6.07) is 9.51. The van der Waals surface area contributed by atoms with Crippen molar-refractivity contribution in [3.63, 3.8) is 0 Å². The molecule has 1 aromatic heterocycles. The Bertz CT molecular complexity index is 638. The number of amides is 1. The van der Waals surface area contributed by atoms with E-state index in [2.05, 4.69) is 10.3 Å². The van der Waals surface area contributed by atoms with Crippen molar-refractivity contribution in [1.29, 1.82) is 0 Å². The van der Waals surface area contributed by atoms with E-state index >= 15 is 0 Å². The van der Waals surface area contributed by atoms with Crippen molar-refractivity contribution in [1.82, 2.24) is 10.3 Å². The Morgan fingerprint density at radius 3 is 3.05 bits per heavy atom. The first kappa shape index (κ1) is 13.2. The highest BCUT2D eigenvalue weighted by atomic mass is 32.2. The van der Waals surface area contributed by atoms with Crippen molar-refractivity contribution in [2.75, 3.05) is 17.2 Å². The molecule has 3 N–H and O–H groups in total. The predicted molar refractivity (Wildman–Crippen MR) is 84.0 cm³/mol. The van der Waals surface area contributed by atoms with Crippen LogP contribution in [0.1, 0.15) is 23.2 Å². The molecule has 1 aliphatic heterocycles. The normalized spacial score (nSPS) is 18.9. The third-order valence-corrected chi connectivity index (χ3v) is 4.69. The summed E-state index contributed by atoms with van der Waals surface area (Å²) in [7, 11) is 0. The second kappa shape index (κ2) is 5.71. The first-order valence-corrected chi connectivity index (χ1v) is 7.93. The number of thioether (sulfide) groups is 1. The summed E-state index contributed by atoms with van der Waals surface area (Å²) in [6.07, 6.45) is 2.21. The second-order valence-corrected chi connectivity index (χ2v) is 6.15. The van der Waals surface area contributed by atoms with Gasteiger partial charge in [0.2, 0.25) is 0 Å². The number of carbonyl (C=O) groups excluding carboxylic acids is 1. The lowest BCUT2D eigenvalue weighted by atomic mass is 10.1. The molecule has 3 rings (SSSR count). The van der Waals surface area contributed by atoms with Gasteiger partial charge < -0.3 is 11.1 Å². The van der Waals surface area contributed by atoms with E-state index in [1.54, 1.807) is 6.07 Å². The van der Waals surface area contributed by atoms with Crippen LogP contribution in [-0.2, 0) is 0 Å². The van der Waals surface area contributed by atoms with E-state index in [0.29, 0.717) is 11.4 Å². The molecule has 1 amide bonds. The average Bonchev–Trinajstić information content (AvgIpc) is 2.47. The number of nitrogen functional groups attached to an aromatic ring is 1. The SMILES string of the molecule is Nc1cc(C(=O)NC2CCCSC2)c2ccccc2n1. The Morgan fingerprint density at radius 1 is 1.40 bits per heavy atom. The Balaban J connectivity index is 1.90. The highest BCUT2D eigenvalue weighted by molar-refractivity contribution is 7.99. The number of hydrogen-bond acceptors (Lipinski definition) is 4. The molecule has 1 unspecified atom stereocenters. The summed E-state index contributed by atoms with van der Waals surface area (Å²) in [4.78, 5) is 16.7. The molecule has 0 aliphatic carbocycles. The summed E-state index contributed by atoms with van der Waals surface area (Å²) >= 11 is 1.90. The number of aromatic nitrogens is 1. The topological polar surface area (TPSA) is 68.0 Å². The molecule has 20 heavy (non-hydrogen) atoms. The Morgan fingerprint density at radius 2 is 2.25 bits per heavy atom. The van der Waals surface area contributed by atoms with Crippen LogP contribution in [0.3, 0.4) is 0 Å². The lowest BCUT2D eigenvalue weighted by molar-refractivity contribution is 0.0940. The number of hydrogen-bond donors (Lipinski definition) is 2. The summed E-state index contributed by atoms with van der Waals surface area (Å²) in [5.74, 6) is 2.51. The van der Waals surface area contributed by atoms with Crippen molar-refractivity contribution >= 4 is 34.4 Å². The van der Waals surface area contributed by atoms with Crippen LogP contribution >= 0.6 is 11.8 Å². The van der Waals surface area contributed by atoms with Crippen molar-refractivity contribution in [2.24, 2.45) is 0 Å². The van der Waals surface area contributed by atoms with Crippen LogP contribution in [-0.4, -0.2) is 28.4 Å². The van der Waals surface area contributed by atoms with Crippen molar-refractivity contribution in [2.45, 2.75) is 18.9 Å². The van der Waals surface area contributed by atoms with E-state index in [-0.39, 0.29) is 11.9 Å². The molecule has 0 spiro atoms. The van der Waals surface area contributed by atoms with Crippen LogP contribution in [0.25, 0.3) is 10.9 Å². The number of benzene rings is 1. The number of fused-ring (bicyclic) bond motifs is 1. The fraction of sp³-hybridized carbons (Fsp3) is 0.333. The molecule has 1 atom stereocenters. The van der Waals surface area contributed by atoms with Gasteiger partial charge in [-0.2, -0.15) is 11.8 Å². The van der Waals surface area contributed by atoms with Gasteiger partial charge in [-0.15, -0.1) is 0 Å². The quantitative estimate of drug-likeness (QED) is 0.890. The summed E-state index contributed by atoms with van der Waals surface area (Å²) in [6.45, 7) is 0. The molecule has 104 valence electrons. The van der Waals surface area contributed by atoms with Crippen molar-refractivity contribution in [3.8, 4) is 0 Å². The van der Waals surface area contributed by atoms with Gasteiger partial charge in [0.05, 0.1) is 11.1 Å². The fourth-order valence-corrected chi connectivity index (χ4v) is 3.57. The van der Waals surface area contributed by atoms with Gasteiger partial charge in [-0.05, 0) is 30.7 Å². The van der Waals surface area contributed by atoms with Gasteiger partial charge in [-0.25, -0.2) is 4.98 Å². The van der Waals surface area contributed by atoms with Crippen LogP contribution in [0.4, 0.5) is 5.82 Å². The standard InChI is InChI=1S/C15H17N3OS/c16-14-8-12(11-5-1-2-6-13(11)18-14)15(19)17-10-4-3-7-20-9-10/h1-2,5-6,8,10H,3-4,7,9H2,(H2,16,18)(H,17,19). The summed E-state index contributed by atoms with van der Waals surface area (Å²) < 4.78 is 0. The van der Waals surface area contributed by atoms with Gasteiger partial charge >= 0.3 is 0 Å². The molecule has 1 saturated heterocycles. The molecule has 2 heterocycles. The molecular weight excluding hydrogens is 270 g/mol. The minimum Gasteiger partial charge on any atom is -0.384 e. The van der Waals surface area contributed by atoms with Crippen LogP contribution in [0.2, 0.25) is 0 Å².